The minimum absolute atomic E-state index is 0.0620. The van der Waals surface area contributed by atoms with Gasteiger partial charge in [0.15, 0.2) is 0 Å². The molecule has 0 spiro atoms. The number of likely N-dealkylation sites (tertiary alicyclic amines) is 1. The third kappa shape index (κ3) is 7.87. The fourth-order valence-electron chi connectivity index (χ4n) is 5.41. The Kier molecular flexibility index (Phi) is 11.1. The number of carbonyl (C=O) groups excluding carboxylic acids is 2. The number of hydrogen-bond donors (Lipinski definition) is 2. The molecule has 37 heavy (non-hydrogen) atoms. The van der Waals surface area contributed by atoms with Crippen LogP contribution in [0.1, 0.15) is 58.4 Å². The summed E-state index contributed by atoms with van der Waals surface area (Å²) in [5.74, 6) is -1.28. The molecule has 8 nitrogen and oxygen atoms in total. The number of hydrogen-bond acceptors (Lipinski definition) is 7. The Bertz CT molecular complexity index is 995. The Morgan fingerprint density at radius 3 is 2.68 bits per heavy atom. The van der Waals surface area contributed by atoms with Crippen molar-refractivity contribution >= 4 is 29.3 Å². The highest BCUT2D eigenvalue weighted by Gasteiger charge is 2.40. The molecule has 3 rings (SSSR count). The monoisotopic (exact) mass is 524 g/mol. The van der Waals surface area contributed by atoms with E-state index in [0.717, 1.165) is 18.7 Å². The van der Waals surface area contributed by atoms with Crippen molar-refractivity contribution in [1.82, 2.24) is 15.1 Å². The minimum atomic E-state index is -0.886. The minimum Gasteiger partial charge on any atom is -0.385 e. The van der Waals surface area contributed by atoms with Gasteiger partial charge in [0.05, 0.1) is 22.8 Å². The van der Waals surface area contributed by atoms with E-state index in [1.165, 1.54) is 36.6 Å². The third-order valence-electron chi connectivity index (χ3n) is 7.52. The summed E-state index contributed by atoms with van der Waals surface area (Å²) in [5, 5.41) is 23.6. The molecule has 200 valence electrons. The van der Waals surface area contributed by atoms with E-state index < -0.39 is 11.8 Å². The molecular weight excluding hydrogens is 484 g/mol. The standard InChI is InChI=1S/C28H40N6O2S/c1-4-33-26(18-23(19-30)27(35)32-15-13-29)37-25(28(33)36)11-14-31-24-10-6-9-22(17-24)12-16-34-20(2)7-5-8-21(34)3/h6,9-10,17,20-21,23,25-26,31H,4-5,7-8,11-12,14-16,18H2,1-3H3,(H,32,35). The Morgan fingerprint density at radius 1 is 1.24 bits per heavy atom. The van der Waals surface area contributed by atoms with Crippen molar-refractivity contribution in [1.29, 1.82) is 10.5 Å². The van der Waals surface area contributed by atoms with Crippen LogP contribution < -0.4 is 10.6 Å². The Labute approximate surface area is 225 Å². The van der Waals surface area contributed by atoms with Crippen LogP contribution in [0.2, 0.25) is 0 Å². The van der Waals surface area contributed by atoms with Gasteiger partial charge < -0.3 is 15.5 Å². The molecule has 0 aliphatic carbocycles. The molecule has 5 unspecified atom stereocenters. The lowest BCUT2D eigenvalue weighted by molar-refractivity contribution is -0.131. The number of nitrogens with one attached hydrogen (secondary N) is 2. The largest absolute Gasteiger partial charge is 0.385 e. The average Bonchev–Trinajstić information content (AvgIpc) is 3.19. The molecule has 5 atom stereocenters. The molecule has 0 saturated carbocycles. The van der Waals surface area contributed by atoms with E-state index in [1.54, 1.807) is 4.90 Å². The van der Waals surface area contributed by atoms with Crippen molar-refractivity contribution < 1.29 is 9.59 Å². The highest BCUT2D eigenvalue weighted by molar-refractivity contribution is 8.01. The lowest BCUT2D eigenvalue weighted by Gasteiger charge is -2.39. The highest BCUT2D eigenvalue weighted by atomic mass is 32.2. The van der Waals surface area contributed by atoms with E-state index >= 15 is 0 Å². The maximum Gasteiger partial charge on any atom is 0.238 e. The fraction of sp³-hybridized carbons (Fsp3) is 0.643. The Morgan fingerprint density at radius 2 is 2.00 bits per heavy atom. The number of carbonyl (C=O) groups is 2. The third-order valence-corrected chi connectivity index (χ3v) is 9.04. The molecule has 1 aromatic rings. The number of nitriles is 2. The van der Waals surface area contributed by atoms with Gasteiger partial charge in [-0.2, -0.15) is 10.5 Å². The van der Waals surface area contributed by atoms with Gasteiger partial charge in [-0.1, -0.05) is 18.6 Å². The van der Waals surface area contributed by atoms with Crippen molar-refractivity contribution in [2.45, 2.75) is 82.0 Å². The van der Waals surface area contributed by atoms with Gasteiger partial charge in [-0.15, -0.1) is 11.8 Å². The van der Waals surface area contributed by atoms with Crippen molar-refractivity contribution in [2.24, 2.45) is 5.92 Å². The van der Waals surface area contributed by atoms with Crippen LogP contribution >= 0.6 is 11.8 Å². The Balaban J connectivity index is 1.50. The van der Waals surface area contributed by atoms with Crippen LogP contribution in [0.3, 0.4) is 0 Å². The molecule has 2 fully saturated rings. The molecule has 2 saturated heterocycles. The first-order valence-corrected chi connectivity index (χ1v) is 14.4. The van der Waals surface area contributed by atoms with Crippen LogP contribution in [0.4, 0.5) is 5.69 Å². The maximum absolute atomic E-state index is 13.0. The zero-order valence-corrected chi connectivity index (χ0v) is 23.1. The van der Waals surface area contributed by atoms with E-state index in [0.29, 0.717) is 31.6 Å². The summed E-state index contributed by atoms with van der Waals surface area (Å²) in [7, 11) is 0. The first kappa shape index (κ1) is 28.8. The second-order valence-electron chi connectivity index (χ2n) is 10.0. The first-order chi connectivity index (χ1) is 17.9. The molecule has 1 aromatic carbocycles. The SMILES string of the molecule is CCN1C(=O)C(CCNc2cccc(CCN3C(C)CCCC3C)c2)SC1CC(C#N)C(=O)NCC#N. The van der Waals surface area contributed by atoms with E-state index in [-0.39, 0.29) is 29.5 Å². The fourth-order valence-corrected chi connectivity index (χ4v) is 7.00. The Hall–Kier alpha value is -2.75. The number of piperidine rings is 1. The quantitative estimate of drug-likeness (QED) is 0.401. The molecule has 0 aromatic heterocycles. The van der Waals surface area contributed by atoms with Gasteiger partial charge in [0.2, 0.25) is 11.8 Å². The highest BCUT2D eigenvalue weighted by Crippen LogP contribution is 2.37. The molecular formula is C28H40N6O2S. The normalized spacial score (nSPS) is 24.8. The topological polar surface area (TPSA) is 112 Å². The number of nitrogens with zero attached hydrogens (tertiary/aromatic N) is 4. The summed E-state index contributed by atoms with van der Waals surface area (Å²) in [6, 6.07) is 13.7. The first-order valence-electron chi connectivity index (χ1n) is 13.5. The number of anilines is 1. The van der Waals surface area contributed by atoms with Crippen LogP contribution in [0.15, 0.2) is 24.3 Å². The summed E-state index contributed by atoms with van der Waals surface area (Å²) < 4.78 is 0. The second-order valence-corrected chi connectivity index (χ2v) is 11.4. The molecule has 2 aliphatic heterocycles. The predicted molar refractivity (Wildman–Crippen MR) is 148 cm³/mol. The number of thioether (sulfide) groups is 1. The number of benzene rings is 1. The van der Waals surface area contributed by atoms with Crippen LogP contribution in [0.5, 0.6) is 0 Å². The zero-order valence-electron chi connectivity index (χ0n) is 22.3. The molecule has 9 heteroatoms. The summed E-state index contributed by atoms with van der Waals surface area (Å²) in [4.78, 5) is 29.6. The van der Waals surface area contributed by atoms with Crippen LogP contribution in [-0.4, -0.2) is 70.5 Å². The smallest absolute Gasteiger partial charge is 0.238 e. The molecule has 0 radical (unpaired) electrons. The van der Waals surface area contributed by atoms with Crippen molar-refractivity contribution in [3.63, 3.8) is 0 Å². The predicted octanol–water partition coefficient (Wildman–Crippen LogP) is 3.75. The maximum atomic E-state index is 13.0. The molecule has 2 amide bonds. The summed E-state index contributed by atoms with van der Waals surface area (Å²) in [6.45, 7) is 8.74. The van der Waals surface area contributed by atoms with Gasteiger partial charge in [0, 0.05) is 43.8 Å². The van der Waals surface area contributed by atoms with Gasteiger partial charge in [-0.3, -0.25) is 14.5 Å². The van der Waals surface area contributed by atoms with Gasteiger partial charge in [-0.25, -0.2) is 0 Å². The van der Waals surface area contributed by atoms with Crippen molar-refractivity contribution in [2.75, 3.05) is 31.5 Å². The average molecular weight is 525 g/mol. The summed E-state index contributed by atoms with van der Waals surface area (Å²) in [6.07, 6.45) is 5.85. The second kappa shape index (κ2) is 14.3. The zero-order chi connectivity index (χ0) is 26.8. The summed E-state index contributed by atoms with van der Waals surface area (Å²) in [5.41, 5.74) is 2.38. The van der Waals surface area contributed by atoms with E-state index in [1.807, 2.05) is 19.1 Å². The van der Waals surface area contributed by atoms with E-state index in [4.69, 9.17) is 5.26 Å². The molecule has 2 N–H and O–H groups in total. The van der Waals surface area contributed by atoms with E-state index in [9.17, 15) is 14.9 Å². The molecule has 2 aliphatic rings. The molecule has 2 heterocycles. The summed E-state index contributed by atoms with van der Waals surface area (Å²) >= 11 is 1.53. The van der Waals surface area contributed by atoms with E-state index in [2.05, 4.69) is 53.6 Å². The lowest BCUT2D eigenvalue weighted by Crippen LogP contribution is -2.44. The van der Waals surface area contributed by atoms with Gasteiger partial charge >= 0.3 is 0 Å². The number of amides is 2. The van der Waals surface area contributed by atoms with Gasteiger partial charge in [0.25, 0.3) is 0 Å². The van der Waals surface area contributed by atoms with Crippen LogP contribution in [0.25, 0.3) is 0 Å². The van der Waals surface area contributed by atoms with Gasteiger partial charge in [-0.05, 0) is 64.2 Å². The molecule has 0 bridgehead atoms. The lowest BCUT2D eigenvalue weighted by atomic mass is 9.97. The number of rotatable bonds is 12. The van der Waals surface area contributed by atoms with Crippen LogP contribution in [0, 0.1) is 28.6 Å². The van der Waals surface area contributed by atoms with Crippen molar-refractivity contribution in [3.05, 3.63) is 29.8 Å². The van der Waals surface area contributed by atoms with Gasteiger partial charge in [0.1, 0.15) is 12.5 Å². The van der Waals surface area contributed by atoms with Crippen LogP contribution in [-0.2, 0) is 16.0 Å². The van der Waals surface area contributed by atoms with Crippen molar-refractivity contribution in [3.8, 4) is 12.1 Å².